The van der Waals surface area contributed by atoms with Crippen LogP contribution in [0.5, 0.6) is 5.75 Å². The van der Waals surface area contributed by atoms with Crippen LogP contribution >= 0.6 is 0 Å². The average Bonchev–Trinajstić information content (AvgIpc) is 2.81. The summed E-state index contributed by atoms with van der Waals surface area (Å²) in [4.78, 5) is 36.1. The zero-order valence-electron chi connectivity index (χ0n) is 17.8. The SMILES string of the molecule is CCO[C@@H](/C=C/C(=O)O)[C@@H](OC(=O)NC(=O)c1ccccc1)c1ccc(O)c2ccccc12. The van der Waals surface area contributed by atoms with Gasteiger partial charge in [0.25, 0.3) is 5.91 Å². The molecule has 0 aromatic heterocycles. The summed E-state index contributed by atoms with van der Waals surface area (Å²) in [5.74, 6) is -1.81. The molecule has 0 aliphatic rings. The Balaban J connectivity index is 1.98. The maximum absolute atomic E-state index is 12.7. The van der Waals surface area contributed by atoms with E-state index in [2.05, 4.69) is 5.32 Å². The molecule has 0 aliphatic carbocycles. The Labute approximate surface area is 190 Å². The second kappa shape index (κ2) is 10.9. The van der Waals surface area contributed by atoms with Gasteiger partial charge in [-0.2, -0.15) is 0 Å². The number of rotatable bonds is 8. The Bertz CT molecular complexity index is 1170. The van der Waals surface area contributed by atoms with Gasteiger partial charge in [-0.05, 0) is 36.6 Å². The lowest BCUT2D eigenvalue weighted by Crippen LogP contribution is -2.35. The molecule has 33 heavy (non-hydrogen) atoms. The lowest BCUT2D eigenvalue weighted by atomic mass is 9.96. The first-order valence-electron chi connectivity index (χ1n) is 10.2. The van der Waals surface area contributed by atoms with E-state index in [0.717, 1.165) is 6.08 Å². The minimum Gasteiger partial charge on any atom is -0.507 e. The largest absolute Gasteiger partial charge is 0.507 e. The van der Waals surface area contributed by atoms with E-state index in [1.54, 1.807) is 67.6 Å². The number of phenols is 1. The molecule has 0 spiro atoms. The number of alkyl carbamates (subject to hydrolysis) is 1. The van der Waals surface area contributed by atoms with Crippen LogP contribution in [0, 0.1) is 0 Å². The summed E-state index contributed by atoms with van der Waals surface area (Å²) in [5.41, 5.74) is 0.743. The second-order valence-corrected chi connectivity index (χ2v) is 6.98. The van der Waals surface area contributed by atoms with Gasteiger partial charge in [0.05, 0.1) is 0 Å². The van der Waals surface area contributed by atoms with Gasteiger partial charge in [-0.3, -0.25) is 10.1 Å². The molecule has 2 amide bonds. The number of hydrogen-bond donors (Lipinski definition) is 3. The van der Waals surface area contributed by atoms with E-state index in [4.69, 9.17) is 14.6 Å². The van der Waals surface area contributed by atoms with E-state index in [1.165, 1.54) is 12.1 Å². The number of aromatic hydroxyl groups is 1. The highest BCUT2D eigenvalue weighted by atomic mass is 16.6. The third kappa shape index (κ3) is 5.96. The van der Waals surface area contributed by atoms with Crippen LogP contribution in [0.25, 0.3) is 10.8 Å². The summed E-state index contributed by atoms with van der Waals surface area (Å²) in [7, 11) is 0. The fraction of sp³-hybridized carbons (Fsp3) is 0.160. The van der Waals surface area contributed by atoms with Crippen molar-refractivity contribution in [1.29, 1.82) is 0 Å². The molecule has 0 saturated carbocycles. The molecule has 3 rings (SSSR count). The molecule has 170 valence electrons. The number of aliphatic carboxylic acids is 1. The third-order valence-corrected chi connectivity index (χ3v) is 4.81. The van der Waals surface area contributed by atoms with Crippen molar-refractivity contribution in [2.45, 2.75) is 19.1 Å². The van der Waals surface area contributed by atoms with Crippen LogP contribution in [0.15, 0.2) is 78.9 Å². The van der Waals surface area contributed by atoms with Gasteiger partial charge >= 0.3 is 12.1 Å². The summed E-state index contributed by atoms with van der Waals surface area (Å²) in [6.45, 7) is 1.92. The molecule has 8 heteroatoms. The summed E-state index contributed by atoms with van der Waals surface area (Å²) < 4.78 is 11.3. The molecule has 0 radical (unpaired) electrons. The monoisotopic (exact) mass is 449 g/mol. The minimum absolute atomic E-state index is 0.0332. The van der Waals surface area contributed by atoms with E-state index in [1.807, 2.05) is 0 Å². The van der Waals surface area contributed by atoms with Gasteiger partial charge in [0, 0.05) is 29.2 Å². The van der Waals surface area contributed by atoms with Crippen LogP contribution in [0.2, 0.25) is 0 Å². The van der Waals surface area contributed by atoms with Gasteiger partial charge in [0.1, 0.15) is 11.9 Å². The predicted octanol–water partition coefficient (Wildman–Crippen LogP) is 4.20. The summed E-state index contributed by atoms with van der Waals surface area (Å²) in [6.07, 6.45) is -0.956. The van der Waals surface area contributed by atoms with Crippen molar-refractivity contribution in [3.63, 3.8) is 0 Å². The van der Waals surface area contributed by atoms with Gasteiger partial charge in [0.15, 0.2) is 6.10 Å². The molecular weight excluding hydrogens is 426 g/mol. The normalized spacial score (nSPS) is 12.9. The number of benzene rings is 3. The highest BCUT2D eigenvalue weighted by molar-refractivity contribution is 6.03. The molecule has 8 nitrogen and oxygen atoms in total. The number of carbonyl (C=O) groups is 3. The number of carboxylic acid groups (broad SMARTS) is 1. The van der Waals surface area contributed by atoms with Crippen LogP contribution in [-0.4, -0.2) is 40.9 Å². The molecule has 3 N–H and O–H groups in total. The van der Waals surface area contributed by atoms with E-state index in [-0.39, 0.29) is 17.9 Å². The number of hydrogen-bond acceptors (Lipinski definition) is 6. The van der Waals surface area contributed by atoms with E-state index in [0.29, 0.717) is 16.3 Å². The van der Waals surface area contributed by atoms with Crippen molar-refractivity contribution < 1.29 is 34.1 Å². The topological polar surface area (TPSA) is 122 Å². The fourth-order valence-electron chi connectivity index (χ4n) is 3.37. The molecule has 0 fully saturated rings. The predicted molar refractivity (Wildman–Crippen MR) is 121 cm³/mol. The Hall–Kier alpha value is -4.17. The molecule has 0 saturated heterocycles. The Morgan fingerprint density at radius 2 is 1.64 bits per heavy atom. The first-order valence-corrected chi connectivity index (χ1v) is 10.2. The van der Waals surface area contributed by atoms with Crippen LogP contribution < -0.4 is 5.32 Å². The molecule has 0 aliphatic heterocycles. The number of imide groups is 1. The van der Waals surface area contributed by atoms with Crippen molar-refractivity contribution in [1.82, 2.24) is 5.32 Å². The number of carbonyl (C=O) groups excluding carboxylic acids is 2. The van der Waals surface area contributed by atoms with Gasteiger partial charge in [-0.1, -0.05) is 48.5 Å². The quantitative estimate of drug-likeness (QED) is 0.441. The number of fused-ring (bicyclic) bond motifs is 1. The molecular formula is C25H23NO7. The lowest BCUT2D eigenvalue weighted by molar-refractivity contribution is -0.131. The zero-order chi connectivity index (χ0) is 23.8. The summed E-state index contributed by atoms with van der Waals surface area (Å²) in [6, 6.07) is 18.1. The smallest absolute Gasteiger partial charge is 0.414 e. The number of nitrogens with one attached hydrogen (secondary N) is 1. The molecule has 2 atom stereocenters. The van der Waals surface area contributed by atoms with Gasteiger partial charge in [-0.15, -0.1) is 0 Å². The third-order valence-electron chi connectivity index (χ3n) is 4.81. The first-order chi connectivity index (χ1) is 15.9. The lowest BCUT2D eigenvalue weighted by Gasteiger charge is -2.26. The standard InChI is InChI=1S/C25H23NO7/c1-2-32-21(14-15-22(28)29)23(19-12-13-20(27)18-11-7-6-10-17(18)19)33-25(31)26-24(30)16-8-4-3-5-9-16/h3-15,21,23,27H,2H2,1H3,(H,28,29)(H,26,30,31)/b15-14+/t21-,23-/m0/s1. The number of ether oxygens (including phenoxy) is 2. The molecule has 0 bridgehead atoms. The van der Waals surface area contributed by atoms with Gasteiger partial charge < -0.3 is 19.7 Å². The Morgan fingerprint density at radius 1 is 0.970 bits per heavy atom. The van der Waals surface area contributed by atoms with E-state index in [9.17, 15) is 19.5 Å². The van der Waals surface area contributed by atoms with Crippen molar-refractivity contribution in [2.24, 2.45) is 0 Å². The van der Waals surface area contributed by atoms with Crippen molar-refractivity contribution in [3.05, 3.63) is 90.0 Å². The highest BCUT2D eigenvalue weighted by Gasteiger charge is 2.29. The Morgan fingerprint density at radius 3 is 2.30 bits per heavy atom. The minimum atomic E-state index is -1.20. The number of amides is 2. The molecule has 3 aromatic carbocycles. The molecule has 0 heterocycles. The second-order valence-electron chi connectivity index (χ2n) is 6.98. The molecule has 3 aromatic rings. The van der Waals surface area contributed by atoms with Gasteiger partial charge in [0.2, 0.25) is 0 Å². The van der Waals surface area contributed by atoms with Crippen LogP contribution in [0.1, 0.15) is 28.9 Å². The number of phenolic OH excluding ortho intramolecular Hbond substituents is 1. The van der Waals surface area contributed by atoms with Crippen molar-refractivity contribution in [2.75, 3.05) is 6.61 Å². The fourth-order valence-corrected chi connectivity index (χ4v) is 3.37. The average molecular weight is 449 g/mol. The Kier molecular flexibility index (Phi) is 7.77. The van der Waals surface area contributed by atoms with Crippen molar-refractivity contribution in [3.8, 4) is 5.75 Å². The highest BCUT2D eigenvalue weighted by Crippen LogP contribution is 2.35. The van der Waals surface area contributed by atoms with E-state index < -0.39 is 30.2 Å². The van der Waals surface area contributed by atoms with E-state index >= 15 is 0 Å². The first kappa shape index (κ1) is 23.5. The van der Waals surface area contributed by atoms with Crippen LogP contribution in [0.4, 0.5) is 4.79 Å². The maximum atomic E-state index is 12.7. The van der Waals surface area contributed by atoms with Crippen molar-refractivity contribution >= 4 is 28.7 Å². The molecule has 0 unspecified atom stereocenters. The van der Waals surface area contributed by atoms with Crippen LogP contribution in [0.3, 0.4) is 0 Å². The maximum Gasteiger partial charge on any atom is 0.414 e. The van der Waals surface area contributed by atoms with Crippen LogP contribution in [-0.2, 0) is 14.3 Å². The zero-order valence-corrected chi connectivity index (χ0v) is 17.8. The van der Waals surface area contributed by atoms with Gasteiger partial charge in [-0.25, -0.2) is 9.59 Å². The summed E-state index contributed by atoms with van der Waals surface area (Å²) >= 11 is 0. The summed E-state index contributed by atoms with van der Waals surface area (Å²) in [5, 5.41) is 22.6. The number of carboxylic acids is 1.